The molecule has 31 heavy (non-hydrogen) atoms. The first-order valence-electron chi connectivity index (χ1n) is 11.0. The Bertz CT molecular complexity index is 665. The number of ether oxygens (including phenoxy) is 2. The Morgan fingerprint density at radius 1 is 1.23 bits per heavy atom. The highest BCUT2D eigenvalue weighted by Crippen LogP contribution is 2.14. The summed E-state index contributed by atoms with van der Waals surface area (Å²) in [5.41, 5.74) is 6.36. The summed E-state index contributed by atoms with van der Waals surface area (Å²) < 4.78 is 9.87. The summed E-state index contributed by atoms with van der Waals surface area (Å²) in [5, 5.41) is 2.43. The predicted molar refractivity (Wildman–Crippen MR) is 123 cm³/mol. The minimum Gasteiger partial charge on any atom is -0.464 e. The van der Waals surface area contributed by atoms with Gasteiger partial charge >= 0.3 is 11.9 Å². The fourth-order valence-corrected chi connectivity index (χ4v) is 3.23. The van der Waals surface area contributed by atoms with Crippen molar-refractivity contribution >= 4 is 29.2 Å². The standard InChI is InChI=1S/C19H31N3O5S.C3H8/c1-5-8-16(23)27-12-22(18(24)17(20)13(3)6-2)10-7-9-15-21-14(11-28-15)19(25)26-4;1-3-2/h11,13,17H,5-10,12,20H2,1-4H3;3H2,1-2H3. The number of aromatic nitrogens is 1. The number of thiazole rings is 1. The second-order valence-corrected chi connectivity index (χ2v) is 8.28. The second kappa shape index (κ2) is 16.7. The van der Waals surface area contributed by atoms with Crippen LogP contribution in [-0.2, 0) is 25.5 Å². The van der Waals surface area contributed by atoms with Crippen molar-refractivity contribution < 1.29 is 23.9 Å². The normalized spacial score (nSPS) is 12.2. The number of nitrogens with two attached hydrogens (primary N) is 1. The lowest BCUT2D eigenvalue weighted by atomic mass is 9.99. The number of nitrogens with zero attached hydrogens (tertiary/aromatic N) is 2. The van der Waals surface area contributed by atoms with Crippen molar-refractivity contribution in [3.8, 4) is 0 Å². The molecule has 1 amide bonds. The van der Waals surface area contributed by atoms with E-state index in [1.54, 1.807) is 5.38 Å². The van der Waals surface area contributed by atoms with Gasteiger partial charge in [0.25, 0.3) is 0 Å². The molecule has 0 aromatic carbocycles. The average molecular weight is 458 g/mol. The number of carbonyl (C=O) groups is 3. The maximum absolute atomic E-state index is 12.7. The number of carbonyl (C=O) groups excluding carboxylic acids is 3. The highest BCUT2D eigenvalue weighted by atomic mass is 32.1. The first kappa shape index (κ1) is 29.0. The molecule has 0 aliphatic heterocycles. The number of esters is 2. The fraction of sp³-hybridized carbons (Fsp3) is 0.727. The minimum absolute atomic E-state index is 0.0305. The van der Waals surface area contributed by atoms with Crippen LogP contribution < -0.4 is 5.73 Å². The zero-order valence-electron chi connectivity index (χ0n) is 19.8. The summed E-state index contributed by atoms with van der Waals surface area (Å²) in [6.07, 6.45) is 4.23. The molecule has 0 aliphatic rings. The number of aryl methyl sites for hydroxylation is 1. The zero-order valence-corrected chi connectivity index (χ0v) is 20.6. The molecule has 1 aromatic rings. The van der Waals surface area contributed by atoms with Gasteiger partial charge in [-0.25, -0.2) is 9.78 Å². The molecule has 0 radical (unpaired) electrons. The van der Waals surface area contributed by atoms with Gasteiger partial charge < -0.3 is 20.1 Å². The van der Waals surface area contributed by atoms with Crippen LogP contribution in [0.1, 0.15) is 82.2 Å². The van der Waals surface area contributed by atoms with Crippen LogP contribution in [0.2, 0.25) is 0 Å². The van der Waals surface area contributed by atoms with Crippen LogP contribution in [-0.4, -0.2) is 54.2 Å². The summed E-state index contributed by atoms with van der Waals surface area (Å²) in [7, 11) is 1.31. The van der Waals surface area contributed by atoms with Crippen LogP contribution in [0.5, 0.6) is 0 Å². The van der Waals surface area contributed by atoms with Crippen molar-refractivity contribution in [2.24, 2.45) is 11.7 Å². The molecule has 0 aliphatic carbocycles. The van der Waals surface area contributed by atoms with E-state index in [4.69, 9.17) is 10.5 Å². The Balaban J connectivity index is 0.00000282. The van der Waals surface area contributed by atoms with Gasteiger partial charge in [-0.15, -0.1) is 11.3 Å². The summed E-state index contributed by atoms with van der Waals surface area (Å²) in [6.45, 7) is 10.3. The van der Waals surface area contributed by atoms with E-state index in [9.17, 15) is 14.4 Å². The van der Waals surface area contributed by atoms with Crippen LogP contribution in [0.4, 0.5) is 0 Å². The maximum atomic E-state index is 12.7. The molecule has 8 nitrogen and oxygen atoms in total. The molecule has 1 heterocycles. The van der Waals surface area contributed by atoms with Crippen molar-refractivity contribution in [1.29, 1.82) is 0 Å². The van der Waals surface area contributed by atoms with Crippen molar-refractivity contribution in [3.05, 3.63) is 16.1 Å². The third kappa shape index (κ3) is 11.3. The Hall–Kier alpha value is -2.00. The number of rotatable bonds is 12. The lowest BCUT2D eigenvalue weighted by Gasteiger charge is -2.27. The molecule has 1 aromatic heterocycles. The van der Waals surface area contributed by atoms with Gasteiger partial charge in [-0.05, 0) is 18.8 Å². The Morgan fingerprint density at radius 3 is 2.42 bits per heavy atom. The SMILES string of the molecule is CCC.CCCC(=O)OCN(CCCc1nc(C(=O)OC)cs1)C(=O)C(N)C(C)CC. The van der Waals surface area contributed by atoms with E-state index >= 15 is 0 Å². The van der Waals surface area contributed by atoms with Crippen LogP contribution in [0.25, 0.3) is 0 Å². The molecule has 0 fully saturated rings. The number of hydrogen-bond donors (Lipinski definition) is 1. The molecule has 9 heteroatoms. The fourth-order valence-electron chi connectivity index (χ4n) is 2.42. The van der Waals surface area contributed by atoms with E-state index in [1.807, 2.05) is 20.8 Å². The molecule has 0 spiro atoms. The van der Waals surface area contributed by atoms with Gasteiger partial charge in [-0.3, -0.25) is 9.59 Å². The van der Waals surface area contributed by atoms with E-state index in [0.717, 1.165) is 11.4 Å². The van der Waals surface area contributed by atoms with Crippen molar-refractivity contribution in [3.63, 3.8) is 0 Å². The monoisotopic (exact) mass is 457 g/mol. The quantitative estimate of drug-likeness (QED) is 0.375. The van der Waals surface area contributed by atoms with Crippen molar-refractivity contribution in [1.82, 2.24) is 9.88 Å². The van der Waals surface area contributed by atoms with E-state index in [-0.39, 0.29) is 30.2 Å². The molecule has 178 valence electrons. The van der Waals surface area contributed by atoms with Gasteiger partial charge in [0.2, 0.25) is 5.91 Å². The maximum Gasteiger partial charge on any atom is 0.357 e. The lowest BCUT2D eigenvalue weighted by molar-refractivity contribution is -0.154. The van der Waals surface area contributed by atoms with Crippen LogP contribution in [0.15, 0.2) is 5.38 Å². The first-order valence-corrected chi connectivity index (χ1v) is 11.9. The minimum atomic E-state index is -0.638. The van der Waals surface area contributed by atoms with Crippen molar-refractivity contribution in [2.75, 3.05) is 20.4 Å². The summed E-state index contributed by atoms with van der Waals surface area (Å²) >= 11 is 1.37. The van der Waals surface area contributed by atoms with Crippen LogP contribution in [0.3, 0.4) is 0 Å². The average Bonchev–Trinajstić information content (AvgIpc) is 3.23. The highest BCUT2D eigenvalue weighted by Gasteiger charge is 2.25. The zero-order chi connectivity index (χ0) is 23.8. The predicted octanol–water partition coefficient (Wildman–Crippen LogP) is 3.78. The number of methoxy groups -OCH3 is 1. The molecule has 0 bridgehead atoms. The lowest BCUT2D eigenvalue weighted by Crippen LogP contribution is -2.48. The topological polar surface area (TPSA) is 112 Å². The largest absolute Gasteiger partial charge is 0.464 e. The van der Waals surface area contributed by atoms with Crippen molar-refractivity contribution in [2.45, 2.75) is 79.2 Å². The van der Waals surface area contributed by atoms with Gasteiger partial charge in [0.05, 0.1) is 18.2 Å². The van der Waals surface area contributed by atoms with E-state index in [1.165, 1.54) is 29.8 Å². The van der Waals surface area contributed by atoms with E-state index in [2.05, 4.69) is 23.6 Å². The Labute approximate surface area is 190 Å². The molecule has 2 atom stereocenters. The Kier molecular flexibility index (Phi) is 15.6. The number of hydrogen-bond acceptors (Lipinski definition) is 8. The molecule has 0 saturated heterocycles. The molecule has 2 N–H and O–H groups in total. The van der Waals surface area contributed by atoms with Gasteiger partial charge in [0.1, 0.15) is 0 Å². The third-order valence-corrected chi connectivity index (χ3v) is 5.36. The molecule has 2 unspecified atom stereocenters. The van der Waals surface area contributed by atoms with Gasteiger partial charge in [-0.1, -0.05) is 47.5 Å². The van der Waals surface area contributed by atoms with Crippen LogP contribution >= 0.6 is 11.3 Å². The molecule has 0 saturated carbocycles. The summed E-state index contributed by atoms with van der Waals surface area (Å²) in [6, 6.07) is -0.638. The highest BCUT2D eigenvalue weighted by molar-refractivity contribution is 7.09. The summed E-state index contributed by atoms with van der Waals surface area (Å²) in [5.74, 6) is -1.00. The second-order valence-electron chi connectivity index (χ2n) is 7.34. The first-order chi connectivity index (χ1) is 14.7. The molecule has 1 rings (SSSR count). The molecular weight excluding hydrogens is 418 g/mol. The van der Waals surface area contributed by atoms with Crippen LogP contribution in [0, 0.1) is 5.92 Å². The van der Waals surface area contributed by atoms with Gasteiger partial charge in [-0.2, -0.15) is 0 Å². The van der Waals surface area contributed by atoms with E-state index < -0.39 is 12.0 Å². The number of amides is 1. The van der Waals surface area contributed by atoms with Gasteiger partial charge in [0, 0.05) is 24.8 Å². The smallest absolute Gasteiger partial charge is 0.357 e. The third-order valence-electron chi connectivity index (χ3n) is 4.45. The van der Waals surface area contributed by atoms with Gasteiger partial charge in [0.15, 0.2) is 12.4 Å². The van der Waals surface area contributed by atoms with E-state index in [0.29, 0.717) is 32.2 Å². The Morgan fingerprint density at radius 2 is 1.87 bits per heavy atom. The summed E-state index contributed by atoms with van der Waals surface area (Å²) in [4.78, 5) is 41.6. The molecular formula is C22H39N3O5S.